The van der Waals surface area contributed by atoms with E-state index < -0.39 is 0 Å². The summed E-state index contributed by atoms with van der Waals surface area (Å²) in [6, 6.07) is 9.85. The van der Waals surface area contributed by atoms with E-state index in [-0.39, 0.29) is 5.92 Å². The van der Waals surface area contributed by atoms with Crippen LogP contribution in [0.5, 0.6) is 0 Å². The van der Waals surface area contributed by atoms with Gasteiger partial charge in [0.25, 0.3) is 0 Å². The van der Waals surface area contributed by atoms with E-state index >= 15 is 0 Å². The van der Waals surface area contributed by atoms with E-state index in [1.165, 1.54) is 89.0 Å². The van der Waals surface area contributed by atoms with Crippen molar-refractivity contribution >= 4 is 11.4 Å². The lowest BCUT2D eigenvalue weighted by Crippen LogP contribution is -2.48. The lowest BCUT2D eigenvalue weighted by Gasteiger charge is -2.42. The van der Waals surface area contributed by atoms with Gasteiger partial charge in [0.1, 0.15) is 0 Å². The van der Waals surface area contributed by atoms with Gasteiger partial charge in [-0.15, -0.1) is 0 Å². The molecule has 1 aromatic carbocycles. The third-order valence-electron chi connectivity index (χ3n) is 9.29. The highest BCUT2D eigenvalue weighted by atomic mass is 15.3. The first-order chi connectivity index (χ1) is 16.0. The normalized spacial score (nSPS) is 25.6. The number of piperidine rings is 1. The molecule has 0 aromatic heterocycles. The Morgan fingerprint density at radius 3 is 2.18 bits per heavy atom. The van der Waals surface area contributed by atoms with Crippen LogP contribution in [0.4, 0.5) is 11.4 Å². The summed E-state index contributed by atoms with van der Waals surface area (Å²) in [5.41, 5.74) is 5.01. The average molecular weight is 449 g/mol. The molecule has 0 radical (unpaired) electrons. The maximum atomic E-state index is 9.29. The molecular weight excluding hydrogens is 404 g/mol. The van der Waals surface area contributed by atoms with Crippen LogP contribution in [0, 0.1) is 28.6 Å². The summed E-state index contributed by atoms with van der Waals surface area (Å²) in [6.07, 6.45) is 11.7. The van der Waals surface area contributed by atoms with Gasteiger partial charge in [-0.1, -0.05) is 20.3 Å². The van der Waals surface area contributed by atoms with Crippen LogP contribution >= 0.6 is 0 Å². The molecule has 2 aliphatic heterocycles. The van der Waals surface area contributed by atoms with Crippen molar-refractivity contribution in [2.75, 3.05) is 55.6 Å². The van der Waals surface area contributed by atoms with Crippen LogP contribution in [-0.2, 0) is 0 Å². The average Bonchev–Trinajstić information content (AvgIpc) is 2.82. The van der Waals surface area contributed by atoms with Gasteiger partial charge in [0.2, 0.25) is 0 Å². The van der Waals surface area contributed by atoms with E-state index in [1.54, 1.807) is 5.56 Å². The summed E-state index contributed by atoms with van der Waals surface area (Å²) in [6.45, 7) is 13.0. The summed E-state index contributed by atoms with van der Waals surface area (Å²) >= 11 is 0. The molecule has 2 heterocycles. The highest BCUT2D eigenvalue weighted by Gasteiger charge is 2.31. The fourth-order valence-corrected chi connectivity index (χ4v) is 6.54. The summed E-state index contributed by atoms with van der Waals surface area (Å²) in [7, 11) is 0. The van der Waals surface area contributed by atoms with Gasteiger partial charge in [-0.2, -0.15) is 5.26 Å². The van der Waals surface area contributed by atoms with Crippen molar-refractivity contribution in [3.05, 3.63) is 23.8 Å². The van der Waals surface area contributed by atoms with Crippen molar-refractivity contribution in [1.29, 1.82) is 5.26 Å². The van der Waals surface area contributed by atoms with Crippen molar-refractivity contribution < 1.29 is 0 Å². The Morgan fingerprint density at radius 2 is 1.58 bits per heavy atom. The Kier molecular flexibility index (Phi) is 6.89. The fourth-order valence-electron chi connectivity index (χ4n) is 6.54. The molecule has 2 saturated heterocycles. The highest BCUT2D eigenvalue weighted by molar-refractivity contribution is 5.63. The predicted octanol–water partition coefficient (Wildman–Crippen LogP) is 6.03. The Hall–Kier alpha value is -1.73. The van der Waals surface area contributed by atoms with Crippen molar-refractivity contribution in [3.8, 4) is 6.07 Å². The van der Waals surface area contributed by atoms with E-state index in [4.69, 9.17) is 0 Å². The molecule has 1 aromatic rings. The second kappa shape index (κ2) is 9.87. The van der Waals surface area contributed by atoms with E-state index in [0.717, 1.165) is 31.8 Å². The molecule has 5 rings (SSSR count). The van der Waals surface area contributed by atoms with Crippen LogP contribution in [0.15, 0.2) is 18.2 Å². The van der Waals surface area contributed by atoms with Crippen molar-refractivity contribution in [3.63, 3.8) is 0 Å². The van der Waals surface area contributed by atoms with Crippen LogP contribution in [0.25, 0.3) is 0 Å². The Balaban J connectivity index is 1.32. The topological polar surface area (TPSA) is 33.5 Å². The van der Waals surface area contributed by atoms with Gasteiger partial charge in [-0.05, 0) is 92.4 Å². The molecule has 2 aliphatic carbocycles. The lowest BCUT2D eigenvalue weighted by molar-refractivity contribution is 0.170. The number of hydrogen-bond donors (Lipinski definition) is 0. The third kappa shape index (κ3) is 5.35. The molecule has 0 N–H and O–H groups in total. The first-order valence-electron chi connectivity index (χ1n) is 13.8. The molecule has 4 nitrogen and oxygen atoms in total. The number of rotatable bonds is 5. The van der Waals surface area contributed by atoms with E-state index in [9.17, 15) is 5.26 Å². The standard InChI is InChI=1S/C29H44N4/c1-29(2)12-8-25(9-13-29)27-20-26(32-14-10-23(21-30)11-15-32)6-7-28(27)33-18-16-31(17-19-33)22-24-4-3-5-24/h6-7,20,23-25H,3-5,8-19,22H2,1-2H3. The maximum Gasteiger partial charge on any atom is 0.0657 e. The quantitative estimate of drug-likeness (QED) is 0.550. The molecule has 33 heavy (non-hydrogen) atoms. The summed E-state index contributed by atoms with van der Waals surface area (Å²) in [4.78, 5) is 7.94. The molecule has 0 bridgehead atoms. The second-order valence-corrected chi connectivity index (χ2v) is 12.2. The molecule has 0 atom stereocenters. The third-order valence-corrected chi connectivity index (χ3v) is 9.29. The van der Waals surface area contributed by atoms with Crippen LogP contribution in [-0.4, -0.2) is 50.7 Å². The van der Waals surface area contributed by atoms with Gasteiger partial charge in [0.05, 0.1) is 6.07 Å². The Labute approximate surface area is 201 Å². The SMILES string of the molecule is CC1(C)CCC(c2cc(N3CCC(C#N)CC3)ccc2N2CCN(CC3CCC3)CC2)CC1. The van der Waals surface area contributed by atoms with E-state index in [0.29, 0.717) is 11.3 Å². The molecule has 180 valence electrons. The molecule has 0 unspecified atom stereocenters. The van der Waals surface area contributed by atoms with Crippen LogP contribution < -0.4 is 9.80 Å². The van der Waals surface area contributed by atoms with E-state index in [1.807, 2.05) is 0 Å². The largest absolute Gasteiger partial charge is 0.371 e. The molecule has 2 saturated carbocycles. The first kappa shape index (κ1) is 23.0. The Morgan fingerprint density at radius 1 is 0.879 bits per heavy atom. The fraction of sp³-hybridized carbons (Fsp3) is 0.759. The van der Waals surface area contributed by atoms with Gasteiger partial charge >= 0.3 is 0 Å². The van der Waals surface area contributed by atoms with Crippen molar-refractivity contribution in [1.82, 2.24) is 4.90 Å². The molecule has 4 fully saturated rings. The lowest BCUT2D eigenvalue weighted by atomic mass is 9.71. The minimum atomic E-state index is 0.247. The molecule has 0 amide bonds. The van der Waals surface area contributed by atoms with Crippen LogP contribution in [0.2, 0.25) is 0 Å². The molecule has 4 aliphatic rings. The highest BCUT2D eigenvalue weighted by Crippen LogP contribution is 2.46. The predicted molar refractivity (Wildman–Crippen MR) is 138 cm³/mol. The summed E-state index contributed by atoms with van der Waals surface area (Å²) in [5, 5.41) is 9.29. The second-order valence-electron chi connectivity index (χ2n) is 12.2. The van der Waals surface area contributed by atoms with Crippen molar-refractivity contribution in [2.24, 2.45) is 17.3 Å². The summed E-state index contributed by atoms with van der Waals surface area (Å²) in [5.74, 6) is 1.91. The number of piperazine rings is 1. The summed E-state index contributed by atoms with van der Waals surface area (Å²) < 4.78 is 0. The number of anilines is 2. The Bertz CT molecular complexity index is 826. The minimum absolute atomic E-state index is 0.247. The maximum absolute atomic E-state index is 9.29. The van der Waals surface area contributed by atoms with Gasteiger partial charge in [0.15, 0.2) is 0 Å². The van der Waals surface area contributed by atoms with E-state index in [2.05, 4.69) is 52.8 Å². The minimum Gasteiger partial charge on any atom is -0.371 e. The van der Waals surface area contributed by atoms with Gasteiger partial charge < -0.3 is 9.80 Å². The number of nitriles is 1. The number of hydrogen-bond acceptors (Lipinski definition) is 4. The zero-order valence-corrected chi connectivity index (χ0v) is 21.1. The molecular formula is C29H44N4. The van der Waals surface area contributed by atoms with Crippen molar-refractivity contribution in [2.45, 2.75) is 77.6 Å². The zero-order chi connectivity index (χ0) is 22.8. The number of nitrogens with zero attached hydrogens (tertiary/aromatic N) is 4. The van der Waals surface area contributed by atoms with Gasteiger partial charge in [-0.3, -0.25) is 4.90 Å². The zero-order valence-electron chi connectivity index (χ0n) is 21.1. The van der Waals surface area contributed by atoms with Crippen LogP contribution in [0.3, 0.4) is 0 Å². The molecule has 4 heteroatoms. The molecule has 0 spiro atoms. The number of benzene rings is 1. The van der Waals surface area contributed by atoms with Gasteiger partial charge in [-0.25, -0.2) is 0 Å². The first-order valence-corrected chi connectivity index (χ1v) is 13.8. The monoisotopic (exact) mass is 448 g/mol. The smallest absolute Gasteiger partial charge is 0.0657 e. The van der Waals surface area contributed by atoms with Crippen LogP contribution in [0.1, 0.15) is 83.1 Å². The van der Waals surface area contributed by atoms with Gasteiger partial charge in [0, 0.05) is 63.1 Å².